The van der Waals surface area contributed by atoms with E-state index in [9.17, 15) is 13.6 Å². The maximum Gasteiger partial charge on any atom is 0.248 e. The second-order valence-electron chi connectivity index (χ2n) is 4.86. The van der Waals surface area contributed by atoms with E-state index in [1.807, 2.05) is 43.3 Å². The lowest BCUT2D eigenvalue weighted by Crippen LogP contribution is -1.95. The van der Waals surface area contributed by atoms with E-state index in [4.69, 9.17) is 0 Å². The van der Waals surface area contributed by atoms with E-state index >= 15 is 0 Å². The molecule has 1 aromatic carbocycles. The lowest BCUT2D eigenvalue weighted by molar-refractivity contribution is -0.105. The highest BCUT2D eigenvalue weighted by Crippen LogP contribution is 2.40. The molecule has 3 nitrogen and oxygen atoms in total. The second-order valence-corrected chi connectivity index (χ2v) is 4.86. The Morgan fingerprint density at radius 3 is 2.48 bits per heavy atom. The first-order valence-corrected chi connectivity index (χ1v) is 6.62. The molecule has 1 aromatic heterocycles. The summed E-state index contributed by atoms with van der Waals surface area (Å²) in [6, 6.07) is 11.5. The molecule has 1 N–H and O–H groups in total. The van der Waals surface area contributed by atoms with Gasteiger partial charge in [-0.3, -0.25) is 9.78 Å². The maximum atomic E-state index is 11.1. The average molecular weight is 290 g/mol. The van der Waals surface area contributed by atoms with Crippen molar-refractivity contribution in [1.82, 2.24) is 4.98 Å². The molecule has 5 heteroatoms. The van der Waals surface area contributed by atoms with Gasteiger partial charge in [-0.1, -0.05) is 12.1 Å². The number of nitrogens with zero attached hydrogens (tertiary/aromatic N) is 1. The molecule has 1 heterocycles. The fourth-order valence-electron chi connectivity index (χ4n) is 1.67. The molecular weight excluding hydrogens is 274 g/mol. The fraction of sp³-hybridized carbons (Fsp3) is 0.250. The molecule has 0 saturated heterocycles. The Morgan fingerprint density at radius 1 is 1.24 bits per heavy atom. The highest BCUT2D eigenvalue weighted by Gasteiger charge is 2.43. The Labute approximate surface area is 122 Å². The number of alkyl halides is 2. The monoisotopic (exact) mass is 290 g/mol. The number of nitrogens with one attached hydrogen (secondary N) is 1. The number of rotatable bonds is 3. The summed E-state index contributed by atoms with van der Waals surface area (Å²) in [4.78, 5) is 14.7. The van der Waals surface area contributed by atoms with Crippen molar-refractivity contribution >= 4 is 12.1 Å². The third kappa shape index (κ3) is 4.63. The van der Waals surface area contributed by atoms with Crippen molar-refractivity contribution in [1.29, 1.82) is 0 Å². The van der Waals surface area contributed by atoms with Crippen LogP contribution in [0.15, 0.2) is 42.6 Å². The average Bonchev–Trinajstić information content (AvgIpc) is 3.18. The summed E-state index contributed by atoms with van der Waals surface area (Å²) in [6.45, 7) is 2.02. The molecule has 0 atom stereocenters. The van der Waals surface area contributed by atoms with Gasteiger partial charge in [-0.15, -0.1) is 0 Å². The number of aryl methyl sites for hydroxylation is 1. The van der Waals surface area contributed by atoms with Crippen LogP contribution >= 0.6 is 0 Å². The summed E-state index contributed by atoms with van der Waals surface area (Å²) in [7, 11) is 0. The SMILES string of the molecule is Cc1ccc(NC=O)cc1-c1ccccn1.FC1(F)CC1. The van der Waals surface area contributed by atoms with Crippen molar-refractivity contribution in [3.63, 3.8) is 0 Å². The van der Waals surface area contributed by atoms with Gasteiger partial charge in [-0.05, 0) is 36.8 Å². The van der Waals surface area contributed by atoms with Crippen LogP contribution in [-0.2, 0) is 4.79 Å². The smallest absolute Gasteiger partial charge is 0.248 e. The van der Waals surface area contributed by atoms with Crippen molar-refractivity contribution in [3.8, 4) is 11.3 Å². The van der Waals surface area contributed by atoms with Crippen LogP contribution in [-0.4, -0.2) is 17.3 Å². The van der Waals surface area contributed by atoms with Gasteiger partial charge in [0.1, 0.15) is 0 Å². The number of hydrogen-bond donors (Lipinski definition) is 1. The third-order valence-corrected chi connectivity index (χ3v) is 3.03. The van der Waals surface area contributed by atoms with Gasteiger partial charge in [0.25, 0.3) is 0 Å². The minimum atomic E-state index is -2.25. The molecule has 0 spiro atoms. The van der Waals surface area contributed by atoms with Crippen LogP contribution in [0.1, 0.15) is 18.4 Å². The van der Waals surface area contributed by atoms with E-state index in [0.29, 0.717) is 6.41 Å². The molecule has 110 valence electrons. The lowest BCUT2D eigenvalue weighted by atomic mass is 10.0. The Kier molecular flexibility index (Phi) is 4.62. The number of anilines is 1. The van der Waals surface area contributed by atoms with Crippen LogP contribution in [0, 0.1) is 6.92 Å². The summed E-state index contributed by atoms with van der Waals surface area (Å²) in [6.07, 6.45) is 2.67. The fourth-order valence-corrected chi connectivity index (χ4v) is 1.67. The van der Waals surface area contributed by atoms with Gasteiger partial charge in [0.15, 0.2) is 0 Å². The Bertz CT molecular complexity index is 609. The summed E-state index contributed by atoms with van der Waals surface area (Å²) < 4.78 is 22.3. The number of carbonyl (C=O) groups excluding carboxylic acids is 1. The summed E-state index contributed by atoms with van der Waals surface area (Å²) >= 11 is 0. The normalized spacial score (nSPS) is 14.6. The summed E-state index contributed by atoms with van der Waals surface area (Å²) in [5.41, 5.74) is 3.86. The molecule has 3 rings (SSSR count). The highest BCUT2D eigenvalue weighted by atomic mass is 19.3. The number of halogens is 2. The highest BCUT2D eigenvalue weighted by molar-refractivity contribution is 5.76. The molecule has 0 aliphatic heterocycles. The number of benzene rings is 1. The predicted molar refractivity (Wildman–Crippen MR) is 78.3 cm³/mol. The van der Waals surface area contributed by atoms with Crippen molar-refractivity contribution in [3.05, 3.63) is 48.2 Å². The molecule has 1 saturated carbocycles. The van der Waals surface area contributed by atoms with Crippen molar-refractivity contribution in [2.75, 3.05) is 5.32 Å². The molecule has 2 aromatic rings. The first kappa shape index (κ1) is 15.1. The molecule has 1 amide bonds. The summed E-state index contributed by atoms with van der Waals surface area (Å²) in [5, 5.41) is 2.64. The van der Waals surface area contributed by atoms with E-state index < -0.39 is 5.92 Å². The Hall–Kier alpha value is -2.30. The van der Waals surface area contributed by atoms with Gasteiger partial charge in [0.2, 0.25) is 12.3 Å². The quantitative estimate of drug-likeness (QED) is 0.867. The largest absolute Gasteiger partial charge is 0.329 e. The van der Waals surface area contributed by atoms with Gasteiger partial charge >= 0.3 is 0 Å². The number of carbonyl (C=O) groups is 1. The molecule has 1 aliphatic rings. The molecule has 1 aliphatic carbocycles. The van der Waals surface area contributed by atoms with Gasteiger partial charge < -0.3 is 5.32 Å². The van der Waals surface area contributed by atoms with Crippen LogP contribution in [0.3, 0.4) is 0 Å². The second kappa shape index (κ2) is 6.43. The molecule has 0 radical (unpaired) electrons. The summed E-state index contributed by atoms with van der Waals surface area (Å²) in [5.74, 6) is -2.25. The standard InChI is InChI=1S/C13H12N2O.C3H4F2/c1-10-5-6-11(15-9-16)8-12(10)13-4-2-3-7-14-13;4-3(5)1-2-3/h2-9H,1H3,(H,15,16);1-2H2. The van der Waals surface area contributed by atoms with Crippen LogP contribution in [0.2, 0.25) is 0 Å². The van der Waals surface area contributed by atoms with Crippen molar-refractivity contribution < 1.29 is 13.6 Å². The van der Waals surface area contributed by atoms with Crippen LogP contribution < -0.4 is 5.32 Å². The Morgan fingerprint density at radius 2 is 1.95 bits per heavy atom. The molecule has 21 heavy (non-hydrogen) atoms. The first-order chi connectivity index (χ1) is 10.0. The minimum Gasteiger partial charge on any atom is -0.329 e. The molecule has 1 fully saturated rings. The minimum absolute atomic E-state index is 0.118. The predicted octanol–water partition coefficient (Wildman–Crippen LogP) is 4.04. The number of aromatic nitrogens is 1. The van der Waals surface area contributed by atoms with E-state index in [-0.39, 0.29) is 12.8 Å². The third-order valence-electron chi connectivity index (χ3n) is 3.03. The van der Waals surface area contributed by atoms with E-state index in [1.54, 1.807) is 6.20 Å². The Balaban J connectivity index is 0.000000272. The van der Waals surface area contributed by atoms with Crippen LogP contribution in [0.5, 0.6) is 0 Å². The topological polar surface area (TPSA) is 42.0 Å². The van der Waals surface area contributed by atoms with Crippen LogP contribution in [0.25, 0.3) is 11.3 Å². The van der Waals surface area contributed by atoms with E-state index in [2.05, 4.69) is 10.3 Å². The zero-order valence-electron chi connectivity index (χ0n) is 11.6. The number of hydrogen-bond acceptors (Lipinski definition) is 2. The lowest BCUT2D eigenvalue weighted by Gasteiger charge is -2.07. The van der Waals surface area contributed by atoms with Crippen molar-refractivity contribution in [2.45, 2.75) is 25.7 Å². The first-order valence-electron chi connectivity index (χ1n) is 6.62. The molecule has 0 bridgehead atoms. The number of pyridine rings is 1. The number of amides is 1. The van der Waals surface area contributed by atoms with Gasteiger partial charge in [0, 0.05) is 30.3 Å². The maximum absolute atomic E-state index is 11.1. The molecular formula is C16H16F2N2O. The van der Waals surface area contributed by atoms with E-state index in [1.165, 1.54) is 0 Å². The van der Waals surface area contributed by atoms with E-state index in [0.717, 1.165) is 22.5 Å². The molecule has 0 unspecified atom stereocenters. The zero-order chi connectivity index (χ0) is 15.3. The zero-order valence-corrected chi connectivity index (χ0v) is 11.6. The van der Waals surface area contributed by atoms with Gasteiger partial charge in [-0.2, -0.15) is 0 Å². The van der Waals surface area contributed by atoms with Gasteiger partial charge in [0.05, 0.1) is 5.69 Å². The van der Waals surface area contributed by atoms with Crippen LogP contribution in [0.4, 0.5) is 14.5 Å². The van der Waals surface area contributed by atoms with Crippen molar-refractivity contribution in [2.24, 2.45) is 0 Å². The van der Waals surface area contributed by atoms with Gasteiger partial charge in [-0.25, -0.2) is 8.78 Å².